The van der Waals surface area contributed by atoms with Gasteiger partial charge in [0, 0.05) is 10.6 Å². The monoisotopic (exact) mass is 216 g/mol. The van der Waals surface area contributed by atoms with E-state index in [0.717, 1.165) is 0 Å². The standard InChI is InChI=1S/C9H9ClO4/c10-5-1-2-7(11)6(3-5)8(12)4-9(13)14/h1-3,8,11-12H,4H2,(H,13,14)/t8-/m0/s1. The van der Waals surface area contributed by atoms with Gasteiger partial charge in [0.1, 0.15) is 5.75 Å². The zero-order valence-corrected chi connectivity index (χ0v) is 7.90. The molecule has 0 aliphatic carbocycles. The molecule has 1 rings (SSSR count). The lowest BCUT2D eigenvalue weighted by Crippen LogP contribution is -2.05. The lowest BCUT2D eigenvalue weighted by Gasteiger charge is -2.10. The molecule has 0 fully saturated rings. The Morgan fingerprint density at radius 3 is 2.71 bits per heavy atom. The topological polar surface area (TPSA) is 77.8 Å². The van der Waals surface area contributed by atoms with E-state index < -0.39 is 18.5 Å². The van der Waals surface area contributed by atoms with Gasteiger partial charge in [0.05, 0.1) is 12.5 Å². The van der Waals surface area contributed by atoms with E-state index in [2.05, 4.69) is 0 Å². The van der Waals surface area contributed by atoms with E-state index in [9.17, 15) is 15.0 Å². The number of hydrogen-bond acceptors (Lipinski definition) is 3. The highest BCUT2D eigenvalue weighted by Gasteiger charge is 2.15. The summed E-state index contributed by atoms with van der Waals surface area (Å²) in [6.45, 7) is 0. The number of carbonyl (C=O) groups is 1. The van der Waals surface area contributed by atoms with E-state index >= 15 is 0 Å². The Morgan fingerprint density at radius 2 is 2.14 bits per heavy atom. The first-order valence-corrected chi connectivity index (χ1v) is 4.26. The number of hydrogen-bond donors (Lipinski definition) is 3. The Hall–Kier alpha value is -1.26. The predicted octanol–water partition coefficient (Wildman–Crippen LogP) is 1.55. The molecule has 0 heterocycles. The SMILES string of the molecule is O=C(O)C[C@H](O)c1cc(Cl)ccc1O. The lowest BCUT2D eigenvalue weighted by molar-refractivity contribution is -0.139. The van der Waals surface area contributed by atoms with Crippen molar-refractivity contribution in [2.24, 2.45) is 0 Å². The first kappa shape index (κ1) is 10.8. The molecule has 1 atom stereocenters. The van der Waals surface area contributed by atoms with Crippen LogP contribution in [-0.4, -0.2) is 21.3 Å². The zero-order valence-electron chi connectivity index (χ0n) is 7.14. The van der Waals surface area contributed by atoms with Crippen molar-refractivity contribution >= 4 is 17.6 Å². The smallest absolute Gasteiger partial charge is 0.306 e. The Balaban J connectivity index is 2.93. The second-order valence-corrected chi connectivity index (χ2v) is 3.25. The number of aliphatic hydroxyl groups is 1. The van der Waals surface area contributed by atoms with Gasteiger partial charge >= 0.3 is 5.97 Å². The van der Waals surface area contributed by atoms with E-state index in [-0.39, 0.29) is 11.3 Å². The summed E-state index contributed by atoms with van der Waals surface area (Å²) in [5.74, 6) is -1.31. The van der Waals surface area contributed by atoms with E-state index in [4.69, 9.17) is 16.7 Å². The summed E-state index contributed by atoms with van der Waals surface area (Å²) in [4.78, 5) is 10.3. The summed E-state index contributed by atoms with van der Waals surface area (Å²) in [5, 5.41) is 27.5. The first-order valence-electron chi connectivity index (χ1n) is 3.89. The molecule has 1 aromatic rings. The molecule has 76 valence electrons. The van der Waals surface area contributed by atoms with Crippen molar-refractivity contribution in [2.45, 2.75) is 12.5 Å². The number of benzene rings is 1. The summed E-state index contributed by atoms with van der Waals surface area (Å²) in [7, 11) is 0. The summed E-state index contributed by atoms with van der Waals surface area (Å²) >= 11 is 5.63. The van der Waals surface area contributed by atoms with Gasteiger partial charge in [-0.3, -0.25) is 4.79 Å². The van der Waals surface area contributed by atoms with Crippen LogP contribution in [0.25, 0.3) is 0 Å². The van der Waals surface area contributed by atoms with Crippen LogP contribution in [0.4, 0.5) is 0 Å². The molecule has 3 N–H and O–H groups in total. The molecule has 0 aliphatic rings. The van der Waals surface area contributed by atoms with Gasteiger partial charge < -0.3 is 15.3 Å². The highest BCUT2D eigenvalue weighted by Crippen LogP contribution is 2.28. The summed E-state index contributed by atoms with van der Waals surface area (Å²) in [5.41, 5.74) is 0.125. The van der Waals surface area contributed by atoms with Crippen LogP contribution in [-0.2, 0) is 4.79 Å². The third-order valence-electron chi connectivity index (χ3n) is 1.72. The predicted molar refractivity (Wildman–Crippen MR) is 50.3 cm³/mol. The molecule has 0 saturated heterocycles. The first-order chi connectivity index (χ1) is 6.50. The number of carboxylic acid groups (broad SMARTS) is 1. The zero-order chi connectivity index (χ0) is 10.7. The number of aliphatic carboxylic acids is 1. The number of aliphatic hydroxyl groups excluding tert-OH is 1. The molecule has 0 amide bonds. The van der Waals surface area contributed by atoms with Crippen LogP contribution in [0.2, 0.25) is 5.02 Å². The van der Waals surface area contributed by atoms with Crippen LogP contribution >= 0.6 is 11.6 Å². The lowest BCUT2D eigenvalue weighted by atomic mass is 10.1. The summed E-state index contributed by atoms with van der Waals surface area (Å²) in [6, 6.07) is 4.10. The molecule has 0 aliphatic heterocycles. The molecule has 0 unspecified atom stereocenters. The maximum atomic E-state index is 10.3. The average Bonchev–Trinajstić information content (AvgIpc) is 2.08. The van der Waals surface area contributed by atoms with Crippen molar-refractivity contribution in [2.75, 3.05) is 0 Å². The maximum Gasteiger partial charge on any atom is 0.306 e. The molecule has 0 bridgehead atoms. The van der Waals surface area contributed by atoms with Crippen LogP contribution in [0.1, 0.15) is 18.1 Å². The van der Waals surface area contributed by atoms with Crippen molar-refractivity contribution in [1.82, 2.24) is 0 Å². The fourth-order valence-electron chi connectivity index (χ4n) is 1.07. The summed E-state index contributed by atoms with van der Waals surface area (Å²) in [6.07, 6.45) is -1.71. The van der Waals surface area contributed by atoms with E-state index in [0.29, 0.717) is 5.02 Å². The molecular weight excluding hydrogens is 208 g/mol. The third kappa shape index (κ3) is 2.61. The Bertz CT molecular complexity index is 351. The minimum atomic E-state index is -1.24. The largest absolute Gasteiger partial charge is 0.508 e. The average molecular weight is 217 g/mol. The Labute approximate surface area is 85.4 Å². The number of carboxylic acids is 1. The number of phenols is 1. The molecule has 4 nitrogen and oxygen atoms in total. The molecular formula is C9H9ClO4. The Kier molecular flexibility index (Phi) is 3.33. The Morgan fingerprint density at radius 1 is 1.50 bits per heavy atom. The van der Waals surface area contributed by atoms with E-state index in [1.165, 1.54) is 18.2 Å². The van der Waals surface area contributed by atoms with Crippen molar-refractivity contribution in [3.05, 3.63) is 28.8 Å². The number of halogens is 1. The quantitative estimate of drug-likeness (QED) is 0.717. The summed E-state index contributed by atoms with van der Waals surface area (Å²) < 4.78 is 0. The number of rotatable bonds is 3. The van der Waals surface area contributed by atoms with Gasteiger partial charge in [-0.2, -0.15) is 0 Å². The van der Waals surface area contributed by atoms with Gasteiger partial charge in [-0.1, -0.05) is 11.6 Å². The molecule has 14 heavy (non-hydrogen) atoms. The number of aromatic hydroxyl groups is 1. The molecule has 0 saturated carbocycles. The van der Waals surface area contributed by atoms with Gasteiger partial charge in [0.15, 0.2) is 0 Å². The van der Waals surface area contributed by atoms with Crippen LogP contribution < -0.4 is 0 Å². The normalized spacial score (nSPS) is 12.4. The molecule has 5 heteroatoms. The second-order valence-electron chi connectivity index (χ2n) is 2.82. The highest BCUT2D eigenvalue weighted by molar-refractivity contribution is 6.30. The second kappa shape index (κ2) is 4.30. The van der Waals surface area contributed by atoms with Crippen molar-refractivity contribution in [3.63, 3.8) is 0 Å². The third-order valence-corrected chi connectivity index (χ3v) is 1.95. The molecule has 1 aromatic carbocycles. The maximum absolute atomic E-state index is 10.3. The molecule has 0 radical (unpaired) electrons. The molecule has 0 spiro atoms. The van der Waals surface area contributed by atoms with Crippen LogP contribution in [0.15, 0.2) is 18.2 Å². The van der Waals surface area contributed by atoms with Gasteiger partial charge in [-0.25, -0.2) is 0 Å². The van der Waals surface area contributed by atoms with Gasteiger partial charge in [-0.05, 0) is 18.2 Å². The van der Waals surface area contributed by atoms with Gasteiger partial charge in [0.25, 0.3) is 0 Å². The van der Waals surface area contributed by atoms with Crippen molar-refractivity contribution in [3.8, 4) is 5.75 Å². The van der Waals surface area contributed by atoms with E-state index in [1.54, 1.807) is 0 Å². The number of phenolic OH excluding ortho intramolecular Hbond substituents is 1. The van der Waals surface area contributed by atoms with Crippen molar-refractivity contribution < 1.29 is 20.1 Å². The van der Waals surface area contributed by atoms with Crippen LogP contribution in [0.5, 0.6) is 5.75 Å². The van der Waals surface area contributed by atoms with Gasteiger partial charge in [0.2, 0.25) is 0 Å². The fraction of sp³-hybridized carbons (Fsp3) is 0.222. The van der Waals surface area contributed by atoms with E-state index in [1.807, 2.05) is 0 Å². The minimum Gasteiger partial charge on any atom is -0.508 e. The van der Waals surface area contributed by atoms with Crippen LogP contribution in [0, 0.1) is 0 Å². The highest BCUT2D eigenvalue weighted by atomic mass is 35.5. The van der Waals surface area contributed by atoms with Crippen molar-refractivity contribution in [1.29, 1.82) is 0 Å². The minimum absolute atomic E-state index is 0.125. The van der Waals surface area contributed by atoms with Gasteiger partial charge in [-0.15, -0.1) is 0 Å². The van der Waals surface area contributed by atoms with Crippen LogP contribution in [0.3, 0.4) is 0 Å². The fourth-order valence-corrected chi connectivity index (χ4v) is 1.25. The molecule has 0 aromatic heterocycles.